The van der Waals surface area contributed by atoms with Crippen LogP contribution >= 0.6 is 0 Å². The molecular weight excluding hydrogens is 449 g/mol. The second kappa shape index (κ2) is 9.28. The minimum Gasteiger partial charge on any atom is -0.487 e. The van der Waals surface area contributed by atoms with Gasteiger partial charge in [-0.2, -0.15) is 0 Å². The van der Waals surface area contributed by atoms with E-state index in [-0.39, 0.29) is 28.4 Å². The lowest BCUT2D eigenvalue weighted by molar-refractivity contribution is 0.248. The van der Waals surface area contributed by atoms with Crippen molar-refractivity contribution in [3.05, 3.63) is 58.9 Å². The van der Waals surface area contributed by atoms with Crippen LogP contribution in [0.1, 0.15) is 26.3 Å². The number of H-pyrrole nitrogens is 1. The van der Waals surface area contributed by atoms with Gasteiger partial charge in [0.1, 0.15) is 18.6 Å². The van der Waals surface area contributed by atoms with E-state index in [4.69, 9.17) is 10.5 Å². The summed E-state index contributed by atoms with van der Waals surface area (Å²) >= 11 is 0. The first-order valence-electron chi connectivity index (χ1n) is 11.7. The molecule has 0 radical (unpaired) electrons. The Morgan fingerprint density at radius 3 is 2.86 bits per heavy atom. The fraction of sp³-hybridized carbons (Fsp3) is 0.320. The van der Waals surface area contributed by atoms with Crippen LogP contribution in [0.15, 0.2) is 47.7 Å². The minimum absolute atomic E-state index is 0.0877. The zero-order valence-electron chi connectivity index (χ0n) is 19.7. The van der Waals surface area contributed by atoms with Gasteiger partial charge < -0.3 is 30.2 Å². The molecule has 2 aromatic carbocycles. The number of aromatic nitrogens is 4. The average molecular weight is 478 g/mol. The molecule has 1 aliphatic heterocycles. The summed E-state index contributed by atoms with van der Waals surface area (Å²) in [5, 5.41) is 11.0. The number of benzene rings is 2. The van der Waals surface area contributed by atoms with Gasteiger partial charge in [-0.3, -0.25) is 4.79 Å². The molecule has 9 nitrogen and oxygen atoms in total. The molecule has 10 heteroatoms. The molecular formula is C25H28FN7O2. The first-order chi connectivity index (χ1) is 17.0. The smallest absolute Gasteiger partial charge is 0.202 e. The molecule has 0 aliphatic carbocycles. The minimum atomic E-state index is -0.684. The topological polar surface area (TPSA) is 114 Å². The Balaban J connectivity index is 1.48. The third-order valence-electron chi connectivity index (χ3n) is 6.43. The highest BCUT2D eigenvalue weighted by atomic mass is 19.1. The maximum atomic E-state index is 15.5. The van der Waals surface area contributed by atoms with E-state index in [1.54, 1.807) is 6.20 Å². The molecule has 0 unspecified atom stereocenters. The van der Waals surface area contributed by atoms with Gasteiger partial charge in [0.15, 0.2) is 17.4 Å². The van der Waals surface area contributed by atoms with Crippen molar-refractivity contribution in [3.63, 3.8) is 0 Å². The monoisotopic (exact) mass is 477 g/mol. The van der Waals surface area contributed by atoms with Gasteiger partial charge in [-0.25, -0.2) is 4.39 Å². The van der Waals surface area contributed by atoms with E-state index < -0.39 is 11.2 Å². The van der Waals surface area contributed by atoms with Crippen LogP contribution in [-0.2, 0) is 0 Å². The van der Waals surface area contributed by atoms with Crippen molar-refractivity contribution in [1.29, 1.82) is 0 Å². The highest BCUT2D eigenvalue weighted by molar-refractivity contribution is 6.01. The zero-order chi connectivity index (χ0) is 24.5. The van der Waals surface area contributed by atoms with Crippen molar-refractivity contribution in [2.45, 2.75) is 26.3 Å². The number of rotatable bonds is 8. The fourth-order valence-corrected chi connectivity index (χ4v) is 4.60. The Morgan fingerprint density at radius 1 is 1.34 bits per heavy atom. The van der Waals surface area contributed by atoms with Crippen molar-refractivity contribution in [1.82, 2.24) is 19.7 Å². The van der Waals surface area contributed by atoms with Crippen LogP contribution in [0.2, 0.25) is 0 Å². The molecule has 3 heterocycles. The maximum absolute atomic E-state index is 15.5. The van der Waals surface area contributed by atoms with Crippen LogP contribution in [0.3, 0.4) is 0 Å². The van der Waals surface area contributed by atoms with E-state index in [9.17, 15) is 4.79 Å². The van der Waals surface area contributed by atoms with Crippen LogP contribution in [0, 0.1) is 5.82 Å². The SMILES string of the molecule is CCN(CCCNc1c(F)c(N)c2c(=O)c(-c3nnc[nH]3)cn3c2c1OC[C@@H]3C)c1ccccc1. The van der Waals surface area contributed by atoms with Crippen LogP contribution in [0.5, 0.6) is 5.75 Å². The lowest BCUT2D eigenvalue weighted by atomic mass is 10.0. The molecule has 0 amide bonds. The van der Waals surface area contributed by atoms with Crippen molar-refractivity contribution in [2.24, 2.45) is 0 Å². The third-order valence-corrected chi connectivity index (χ3v) is 6.43. The molecule has 35 heavy (non-hydrogen) atoms. The lowest BCUT2D eigenvalue weighted by Crippen LogP contribution is -2.27. The summed E-state index contributed by atoms with van der Waals surface area (Å²) in [5.74, 6) is -0.0703. The van der Waals surface area contributed by atoms with Crippen LogP contribution in [0.25, 0.3) is 22.3 Å². The number of nitrogens with one attached hydrogen (secondary N) is 2. The summed E-state index contributed by atoms with van der Waals surface area (Å²) in [5.41, 5.74) is 7.69. The molecule has 1 aliphatic rings. The van der Waals surface area contributed by atoms with Gasteiger partial charge in [-0.05, 0) is 32.4 Å². The largest absolute Gasteiger partial charge is 0.487 e. The highest BCUT2D eigenvalue weighted by Crippen LogP contribution is 2.43. The van der Waals surface area contributed by atoms with E-state index in [2.05, 4.69) is 44.5 Å². The van der Waals surface area contributed by atoms with Crippen LogP contribution < -0.4 is 26.1 Å². The second-order valence-corrected chi connectivity index (χ2v) is 8.63. The van der Waals surface area contributed by atoms with Crippen LogP contribution in [0.4, 0.5) is 21.5 Å². The van der Waals surface area contributed by atoms with Gasteiger partial charge in [-0.15, -0.1) is 10.2 Å². The van der Waals surface area contributed by atoms with E-state index in [1.807, 2.05) is 29.7 Å². The van der Waals surface area contributed by atoms with Crippen molar-refractivity contribution >= 4 is 28.0 Å². The second-order valence-electron chi connectivity index (χ2n) is 8.63. The lowest BCUT2D eigenvalue weighted by Gasteiger charge is -2.29. The first kappa shape index (κ1) is 22.7. The molecule has 2 aromatic heterocycles. The summed E-state index contributed by atoms with van der Waals surface area (Å²) in [4.78, 5) is 18.4. The van der Waals surface area contributed by atoms with Gasteiger partial charge in [-0.1, -0.05) is 18.2 Å². The molecule has 182 valence electrons. The maximum Gasteiger partial charge on any atom is 0.202 e. The number of para-hydroxylation sites is 1. The van der Waals surface area contributed by atoms with E-state index in [0.29, 0.717) is 30.2 Å². The van der Waals surface area contributed by atoms with E-state index >= 15 is 4.39 Å². The Bertz CT molecular complexity index is 1400. The van der Waals surface area contributed by atoms with Crippen LogP contribution in [-0.4, -0.2) is 46.0 Å². The Morgan fingerprint density at radius 2 is 2.14 bits per heavy atom. The van der Waals surface area contributed by atoms with Gasteiger partial charge >= 0.3 is 0 Å². The summed E-state index contributed by atoms with van der Waals surface area (Å²) in [6.07, 6.45) is 3.87. The number of pyridine rings is 1. The number of hydrogen-bond donors (Lipinski definition) is 3. The predicted molar refractivity (Wildman–Crippen MR) is 136 cm³/mol. The summed E-state index contributed by atoms with van der Waals surface area (Å²) in [6, 6.07) is 10.1. The molecule has 0 fully saturated rings. The third kappa shape index (κ3) is 3.94. The highest BCUT2D eigenvalue weighted by Gasteiger charge is 2.30. The summed E-state index contributed by atoms with van der Waals surface area (Å²) in [7, 11) is 0. The Kier molecular flexibility index (Phi) is 6.02. The molecule has 0 saturated carbocycles. The molecule has 0 bridgehead atoms. The van der Waals surface area contributed by atoms with E-state index in [1.165, 1.54) is 6.33 Å². The van der Waals surface area contributed by atoms with Gasteiger partial charge in [0.2, 0.25) is 5.43 Å². The molecule has 5 rings (SSSR count). The number of nitrogens with zero attached hydrogens (tertiary/aromatic N) is 4. The Hall–Kier alpha value is -4.08. The number of halogens is 1. The molecule has 4 aromatic rings. The summed E-state index contributed by atoms with van der Waals surface area (Å²) < 4.78 is 23.4. The number of nitrogen functional groups attached to an aromatic ring is 1. The standard InChI is InChI=1S/C25H28FN7O2/c1-3-32(16-8-5-4-6-9-16)11-7-10-28-21-19(26)20(27)18-22-24(21)35-13-15(2)33(22)12-17(23(18)34)25-29-14-30-31-25/h4-6,8-9,12,14-15,28H,3,7,10-11,13,27H2,1-2H3,(H,29,30,31)/t15-/m0/s1. The average Bonchev–Trinajstić information content (AvgIpc) is 3.41. The normalized spacial score (nSPS) is 14.7. The number of nitrogens with two attached hydrogens (primary N) is 1. The van der Waals surface area contributed by atoms with E-state index in [0.717, 1.165) is 25.2 Å². The van der Waals surface area contributed by atoms with Gasteiger partial charge in [0.25, 0.3) is 0 Å². The predicted octanol–water partition coefficient (Wildman–Crippen LogP) is 3.79. The zero-order valence-corrected chi connectivity index (χ0v) is 19.7. The molecule has 1 atom stereocenters. The van der Waals surface area contributed by atoms with Crippen molar-refractivity contribution in [3.8, 4) is 17.1 Å². The number of anilines is 3. The van der Waals surface area contributed by atoms with Crippen molar-refractivity contribution in [2.75, 3.05) is 42.2 Å². The molecule has 0 saturated heterocycles. The van der Waals surface area contributed by atoms with Gasteiger partial charge in [0.05, 0.1) is 28.2 Å². The number of ether oxygens (including phenoxy) is 1. The first-order valence-corrected chi connectivity index (χ1v) is 11.7. The fourth-order valence-electron chi connectivity index (χ4n) is 4.60. The van der Waals surface area contributed by atoms with Crippen molar-refractivity contribution < 1.29 is 9.13 Å². The molecule has 0 spiro atoms. The summed E-state index contributed by atoms with van der Waals surface area (Å²) in [6.45, 7) is 6.58. The Labute approximate surface area is 201 Å². The number of hydrogen-bond acceptors (Lipinski definition) is 7. The molecule has 4 N–H and O–H groups in total. The number of aromatic amines is 1. The quantitative estimate of drug-likeness (QED) is 0.261. The van der Waals surface area contributed by atoms with Gasteiger partial charge in [0, 0.05) is 31.5 Å².